The van der Waals surface area contributed by atoms with E-state index in [1.165, 1.54) is 17.7 Å². The maximum atomic E-state index is 6.51. The first-order valence-electron chi connectivity index (χ1n) is 6.61. The molecular formula is C15H17BrN2S. The second-order valence-corrected chi connectivity index (χ2v) is 7.42. The summed E-state index contributed by atoms with van der Waals surface area (Å²) >= 11 is 5.28. The third-order valence-electron chi connectivity index (χ3n) is 3.82. The minimum Gasteiger partial charge on any atom is -0.319 e. The van der Waals surface area contributed by atoms with Crippen molar-refractivity contribution in [2.45, 2.75) is 38.1 Å². The largest absolute Gasteiger partial charge is 0.319 e. The molecule has 1 heterocycles. The van der Waals surface area contributed by atoms with Crippen LogP contribution < -0.4 is 5.73 Å². The predicted molar refractivity (Wildman–Crippen MR) is 84.3 cm³/mol. The summed E-state index contributed by atoms with van der Waals surface area (Å²) in [7, 11) is 0. The number of thiazole rings is 1. The minimum absolute atomic E-state index is 0.181. The van der Waals surface area contributed by atoms with Crippen molar-refractivity contribution in [3.63, 3.8) is 0 Å². The fourth-order valence-corrected chi connectivity index (χ4v) is 4.23. The Morgan fingerprint density at radius 2 is 2.05 bits per heavy atom. The molecule has 1 fully saturated rings. The molecule has 2 aromatic rings. The lowest BCUT2D eigenvalue weighted by Gasteiger charge is -2.19. The van der Waals surface area contributed by atoms with Crippen LogP contribution in [0.4, 0.5) is 0 Å². The summed E-state index contributed by atoms with van der Waals surface area (Å²) in [6, 6.07) is 8.30. The molecule has 0 saturated heterocycles. The molecule has 0 radical (unpaired) electrons. The van der Waals surface area contributed by atoms with Crippen molar-refractivity contribution in [3.8, 4) is 11.3 Å². The number of hydrogen-bond acceptors (Lipinski definition) is 3. The van der Waals surface area contributed by atoms with Crippen LogP contribution in [0.2, 0.25) is 0 Å². The summed E-state index contributed by atoms with van der Waals surface area (Å²) in [5.41, 5.74) is 8.57. The average molecular weight is 337 g/mol. The molecule has 1 aromatic carbocycles. The number of halogens is 1. The van der Waals surface area contributed by atoms with Crippen molar-refractivity contribution in [1.82, 2.24) is 4.98 Å². The molecule has 0 amide bonds. The van der Waals surface area contributed by atoms with Crippen molar-refractivity contribution in [1.29, 1.82) is 0 Å². The summed E-state index contributed by atoms with van der Waals surface area (Å²) in [6.07, 6.45) is 4.58. The van der Waals surface area contributed by atoms with E-state index >= 15 is 0 Å². The zero-order valence-electron chi connectivity index (χ0n) is 10.9. The quantitative estimate of drug-likeness (QED) is 0.869. The van der Waals surface area contributed by atoms with Gasteiger partial charge >= 0.3 is 0 Å². The third-order valence-corrected chi connectivity index (χ3v) is 5.50. The number of aryl methyl sites for hydroxylation is 1. The maximum Gasteiger partial charge on any atom is 0.113 e. The summed E-state index contributed by atoms with van der Waals surface area (Å²) in [5.74, 6) is 0. The smallest absolute Gasteiger partial charge is 0.113 e. The van der Waals surface area contributed by atoms with E-state index in [2.05, 4.69) is 35.0 Å². The number of nitrogens with zero attached hydrogens (tertiary/aromatic N) is 1. The highest BCUT2D eigenvalue weighted by Crippen LogP contribution is 2.40. The maximum absolute atomic E-state index is 6.51. The first-order chi connectivity index (χ1) is 9.08. The lowest BCUT2D eigenvalue weighted by Crippen LogP contribution is -2.32. The molecule has 0 unspecified atom stereocenters. The highest BCUT2D eigenvalue weighted by Gasteiger charge is 2.34. The van der Waals surface area contributed by atoms with E-state index in [4.69, 9.17) is 10.7 Å². The summed E-state index contributed by atoms with van der Waals surface area (Å²) in [4.78, 5) is 6.10. The number of benzene rings is 1. The molecule has 4 heteroatoms. The van der Waals surface area contributed by atoms with Gasteiger partial charge in [0.05, 0.1) is 11.2 Å². The van der Waals surface area contributed by atoms with Crippen molar-refractivity contribution < 1.29 is 0 Å². The number of rotatable bonds is 2. The zero-order chi connectivity index (χ0) is 13.5. The van der Waals surface area contributed by atoms with Crippen molar-refractivity contribution in [2.24, 2.45) is 5.73 Å². The molecule has 1 saturated carbocycles. The Kier molecular flexibility index (Phi) is 3.50. The topological polar surface area (TPSA) is 38.9 Å². The van der Waals surface area contributed by atoms with E-state index in [0.717, 1.165) is 33.6 Å². The number of aromatic nitrogens is 1. The van der Waals surface area contributed by atoms with Crippen LogP contribution in [0.5, 0.6) is 0 Å². The van der Waals surface area contributed by atoms with Crippen LogP contribution in [0.3, 0.4) is 0 Å². The molecule has 1 aliphatic carbocycles. The minimum atomic E-state index is -0.181. The fourth-order valence-electron chi connectivity index (χ4n) is 2.73. The van der Waals surface area contributed by atoms with Gasteiger partial charge in [-0.1, -0.05) is 40.9 Å². The van der Waals surface area contributed by atoms with Gasteiger partial charge in [0.15, 0.2) is 0 Å². The second kappa shape index (κ2) is 5.00. The van der Waals surface area contributed by atoms with E-state index in [9.17, 15) is 0 Å². The number of nitrogens with two attached hydrogens (primary N) is 1. The normalized spacial score (nSPS) is 17.8. The van der Waals surface area contributed by atoms with E-state index in [1.54, 1.807) is 11.3 Å². The van der Waals surface area contributed by atoms with E-state index in [1.807, 2.05) is 12.1 Å². The molecular weight excluding hydrogens is 320 g/mol. The molecule has 2 N–H and O–H groups in total. The lowest BCUT2D eigenvalue weighted by atomic mass is 10.0. The van der Waals surface area contributed by atoms with Gasteiger partial charge in [0.1, 0.15) is 5.01 Å². The fraction of sp³-hybridized carbons (Fsp3) is 0.400. The van der Waals surface area contributed by atoms with Crippen molar-refractivity contribution >= 4 is 27.3 Å². The van der Waals surface area contributed by atoms with Crippen LogP contribution in [-0.2, 0) is 5.54 Å². The van der Waals surface area contributed by atoms with Crippen LogP contribution in [-0.4, -0.2) is 4.98 Å². The predicted octanol–water partition coefficient (Wildman–Crippen LogP) is 4.61. The highest BCUT2D eigenvalue weighted by molar-refractivity contribution is 9.10. The molecule has 3 rings (SSSR count). The molecule has 0 atom stereocenters. The van der Waals surface area contributed by atoms with Gasteiger partial charge in [0, 0.05) is 14.9 Å². The van der Waals surface area contributed by atoms with Gasteiger partial charge in [-0.2, -0.15) is 0 Å². The summed E-state index contributed by atoms with van der Waals surface area (Å²) < 4.78 is 1.09. The highest BCUT2D eigenvalue weighted by atomic mass is 79.9. The standard InChI is InChI=1S/C15H17BrN2S/c1-10-13(11-5-4-6-12(16)9-11)18-14(19-10)15(17)7-2-3-8-15/h4-6,9H,2-3,7-8,17H2,1H3. The Hall–Kier alpha value is -0.710. The Bertz CT molecular complexity index is 600. The molecule has 0 bridgehead atoms. The number of hydrogen-bond donors (Lipinski definition) is 1. The van der Waals surface area contributed by atoms with E-state index in [0.29, 0.717) is 0 Å². The molecule has 19 heavy (non-hydrogen) atoms. The molecule has 0 aliphatic heterocycles. The zero-order valence-corrected chi connectivity index (χ0v) is 13.4. The monoisotopic (exact) mass is 336 g/mol. The molecule has 2 nitrogen and oxygen atoms in total. The van der Waals surface area contributed by atoms with Gasteiger partial charge < -0.3 is 5.73 Å². The SMILES string of the molecule is Cc1sc(C2(N)CCCC2)nc1-c1cccc(Br)c1. The third kappa shape index (κ3) is 2.49. The Balaban J connectivity index is 2.02. The molecule has 1 aliphatic rings. The van der Waals surface area contributed by atoms with Crippen molar-refractivity contribution in [3.05, 3.63) is 38.6 Å². The molecule has 1 aromatic heterocycles. The Labute approximate surface area is 126 Å². The molecule has 0 spiro atoms. The lowest BCUT2D eigenvalue weighted by molar-refractivity contribution is 0.459. The van der Waals surface area contributed by atoms with Gasteiger partial charge in [-0.25, -0.2) is 4.98 Å². The first kappa shape index (κ1) is 13.3. The second-order valence-electron chi connectivity index (χ2n) is 5.30. The van der Waals surface area contributed by atoms with Crippen LogP contribution >= 0.6 is 27.3 Å². The van der Waals surface area contributed by atoms with Gasteiger partial charge in [0.25, 0.3) is 0 Å². The summed E-state index contributed by atoms with van der Waals surface area (Å²) in [6.45, 7) is 2.13. The Morgan fingerprint density at radius 1 is 1.32 bits per heavy atom. The van der Waals surface area contributed by atoms with Gasteiger partial charge in [-0.05, 0) is 31.9 Å². The van der Waals surface area contributed by atoms with Crippen LogP contribution in [0, 0.1) is 6.92 Å². The van der Waals surface area contributed by atoms with E-state index in [-0.39, 0.29) is 5.54 Å². The Morgan fingerprint density at radius 3 is 2.74 bits per heavy atom. The van der Waals surface area contributed by atoms with Crippen LogP contribution in [0.1, 0.15) is 35.6 Å². The van der Waals surface area contributed by atoms with Gasteiger partial charge in [0.2, 0.25) is 0 Å². The van der Waals surface area contributed by atoms with E-state index < -0.39 is 0 Å². The van der Waals surface area contributed by atoms with Gasteiger partial charge in [-0.3, -0.25) is 0 Å². The molecule has 100 valence electrons. The first-order valence-corrected chi connectivity index (χ1v) is 8.22. The van der Waals surface area contributed by atoms with Crippen LogP contribution in [0.15, 0.2) is 28.7 Å². The van der Waals surface area contributed by atoms with Crippen LogP contribution in [0.25, 0.3) is 11.3 Å². The van der Waals surface area contributed by atoms with Crippen molar-refractivity contribution in [2.75, 3.05) is 0 Å². The van der Waals surface area contributed by atoms with Gasteiger partial charge in [-0.15, -0.1) is 11.3 Å². The summed E-state index contributed by atoms with van der Waals surface area (Å²) in [5, 5.41) is 1.11. The average Bonchev–Trinajstić information content (AvgIpc) is 2.97.